The fourth-order valence-electron chi connectivity index (χ4n) is 1.70. The highest BCUT2D eigenvalue weighted by molar-refractivity contribution is 4.76. The summed E-state index contributed by atoms with van der Waals surface area (Å²) < 4.78 is 5.16. The van der Waals surface area contributed by atoms with Gasteiger partial charge in [0.05, 0.1) is 6.61 Å². The first-order chi connectivity index (χ1) is 5.74. The second kappa shape index (κ2) is 4.80. The van der Waals surface area contributed by atoms with Gasteiger partial charge in [-0.3, -0.25) is 5.43 Å². The van der Waals surface area contributed by atoms with Gasteiger partial charge in [-0.25, -0.2) is 5.01 Å². The average molecular weight is 172 g/mol. The smallest absolute Gasteiger partial charge is 0.0632 e. The van der Waals surface area contributed by atoms with Crippen molar-refractivity contribution < 1.29 is 4.74 Å². The molecule has 1 rings (SSSR count). The van der Waals surface area contributed by atoms with Crippen LogP contribution in [-0.4, -0.2) is 37.4 Å². The maximum atomic E-state index is 5.16. The van der Waals surface area contributed by atoms with Gasteiger partial charge in [0.15, 0.2) is 0 Å². The van der Waals surface area contributed by atoms with Crippen LogP contribution < -0.4 is 5.43 Å². The molecule has 1 aliphatic rings. The molecule has 0 amide bonds. The van der Waals surface area contributed by atoms with E-state index in [9.17, 15) is 0 Å². The van der Waals surface area contributed by atoms with Gasteiger partial charge in [-0.2, -0.15) is 0 Å². The van der Waals surface area contributed by atoms with Crippen LogP contribution in [0.15, 0.2) is 0 Å². The Kier molecular flexibility index (Phi) is 3.98. The molecule has 1 saturated heterocycles. The fourth-order valence-corrected chi connectivity index (χ4v) is 1.70. The van der Waals surface area contributed by atoms with Gasteiger partial charge in [0.1, 0.15) is 0 Å². The zero-order valence-electron chi connectivity index (χ0n) is 8.34. The van der Waals surface area contributed by atoms with Gasteiger partial charge < -0.3 is 4.74 Å². The maximum Gasteiger partial charge on any atom is 0.0632 e. The molecule has 0 aromatic rings. The van der Waals surface area contributed by atoms with Gasteiger partial charge in [-0.1, -0.05) is 0 Å². The van der Waals surface area contributed by atoms with Gasteiger partial charge in [0, 0.05) is 25.7 Å². The molecule has 12 heavy (non-hydrogen) atoms. The number of nitrogens with one attached hydrogen (secondary N) is 1. The molecule has 3 nitrogen and oxygen atoms in total. The van der Waals surface area contributed by atoms with Gasteiger partial charge in [-0.15, -0.1) is 0 Å². The molecule has 0 bridgehead atoms. The van der Waals surface area contributed by atoms with Crippen molar-refractivity contribution >= 4 is 0 Å². The molecule has 0 radical (unpaired) electrons. The van der Waals surface area contributed by atoms with Gasteiger partial charge in [0.2, 0.25) is 0 Å². The minimum absolute atomic E-state index is 0.530. The van der Waals surface area contributed by atoms with Crippen LogP contribution in [0.5, 0.6) is 0 Å². The first kappa shape index (κ1) is 9.96. The van der Waals surface area contributed by atoms with Gasteiger partial charge in [-0.05, 0) is 26.7 Å². The minimum Gasteiger partial charge on any atom is -0.383 e. The number of rotatable bonds is 4. The average Bonchev–Trinajstić information content (AvgIpc) is 2.37. The van der Waals surface area contributed by atoms with E-state index in [1.807, 2.05) is 0 Å². The molecule has 72 valence electrons. The molecule has 1 aliphatic heterocycles. The summed E-state index contributed by atoms with van der Waals surface area (Å²) in [7, 11) is 1.77. The Balaban J connectivity index is 2.30. The van der Waals surface area contributed by atoms with Crippen LogP contribution in [0.1, 0.15) is 26.7 Å². The lowest BCUT2D eigenvalue weighted by Crippen LogP contribution is -2.46. The molecule has 1 unspecified atom stereocenters. The van der Waals surface area contributed by atoms with E-state index >= 15 is 0 Å². The molecule has 0 aromatic heterocycles. The lowest BCUT2D eigenvalue weighted by molar-refractivity contribution is 0.0754. The first-order valence-corrected chi connectivity index (χ1v) is 4.75. The van der Waals surface area contributed by atoms with E-state index in [0.717, 1.165) is 13.2 Å². The molecule has 1 fully saturated rings. The second-order valence-electron chi connectivity index (χ2n) is 3.73. The summed E-state index contributed by atoms with van der Waals surface area (Å²) in [5.74, 6) is 0. The Labute approximate surface area is 75.0 Å². The summed E-state index contributed by atoms with van der Waals surface area (Å²) in [6.07, 6.45) is 2.54. The Hall–Kier alpha value is -0.120. The van der Waals surface area contributed by atoms with E-state index in [2.05, 4.69) is 24.3 Å². The van der Waals surface area contributed by atoms with Crippen molar-refractivity contribution in [3.05, 3.63) is 0 Å². The van der Waals surface area contributed by atoms with Crippen LogP contribution in [0.25, 0.3) is 0 Å². The number of hydrogen-bond acceptors (Lipinski definition) is 3. The Morgan fingerprint density at radius 3 is 2.92 bits per heavy atom. The molecular formula is C9H20N2O. The van der Waals surface area contributed by atoms with E-state index in [1.165, 1.54) is 12.8 Å². The van der Waals surface area contributed by atoms with E-state index in [4.69, 9.17) is 4.74 Å². The molecule has 0 aromatic carbocycles. The largest absolute Gasteiger partial charge is 0.383 e. The van der Waals surface area contributed by atoms with Crippen molar-refractivity contribution in [3.63, 3.8) is 0 Å². The number of ether oxygens (including phenoxy) is 1. The van der Waals surface area contributed by atoms with Crippen molar-refractivity contribution in [1.82, 2.24) is 10.4 Å². The third-order valence-corrected chi connectivity index (χ3v) is 2.16. The van der Waals surface area contributed by atoms with Crippen LogP contribution in [0, 0.1) is 0 Å². The zero-order chi connectivity index (χ0) is 8.97. The lowest BCUT2D eigenvalue weighted by Gasteiger charge is -2.26. The Morgan fingerprint density at radius 1 is 1.58 bits per heavy atom. The Bertz CT molecular complexity index is 128. The topological polar surface area (TPSA) is 24.5 Å². The molecule has 0 aliphatic carbocycles. The normalized spacial score (nSPS) is 25.5. The zero-order valence-corrected chi connectivity index (χ0v) is 8.34. The number of nitrogens with zero attached hydrogens (tertiary/aromatic N) is 1. The summed E-state index contributed by atoms with van der Waals surface area (Å²) in [5.41, 5.74) is 3.43. The third kappa shape index (κ3) is 2.73. The highest BCUT2D eigenvalue weighted by Gasteiger charge is 2.24. The fraction of sp³-hybridized carbons (Fsp3) is 1.00. The molecule has 0 saturated carbocycles. The number of hydrazine groups is 1. The standard InChI is InChI=1S/C9H20N2O/c1-8(2)10-11-6-4-5-9(11)7-12-3/h8-10H,4-7H2,1-3H3. The van der Waals surface area contributed by atoms with Crippen molar-refractivity contribution in [2.45, 2.75) is 38.8 Å². The molecule has 0 spiro atoms. The summed E-state index contributed by atoms with van der Waals surface area (Å²) >= 11 is 0. The summed E-state index contributed by atoms with van der Waals surface area (Å²) in [6.45, 7) is 6.34. The monoisotopic (exact) mass is 172 g/mol. The highest BCUT2D eigenvalue weighted by atomic mass is 16.5. The van der Waals surface area contributed by atoms with Crippen molar-refractivity contribution in [3.8, 4) is 0 Å². The van der Waals surface area contributed by atoms with Gasteiger partial charge >= 0.3 is 0 Å². The molecule has 1 N–H and O–H groups in total. The molecule has 1 atom stereocenters. The predicted molar refractivity (Wildman–Crippen MR) is 49.9 cm³/mol. The van der Waals surface area contributed by atoms with Crippen molar-refractivity contribution in [1.29, 1.82) is 0 Å². The van der Waals surface area contributed by atoms with Crippen molar-refractivity contribution in [2.24, 2.45) is 0 Å². The van der Waals surface area contributed by atoms with Gasteiger partial charge in [0.25, 0.3) is 0 Å². The third-order valence-electron chi connectivity index (χ3n) is 2.16. The molecular weight excluding hydrogens is 152 g/mol. The quantitative estimate of drug-likeness (QED) is 0.685. The summed E-state index contributed by atoms with van der Waals surface area (Å²) in [5, 5.41) is 2.31. The van der Waals surface area contributed by atoms with E-state index in [1.54, 1.807) is 7.11 Å². The molecule has 1 heterocycles. The number of methoxy groups -OCH3 is 1. The van der Waals surface area contributed by atoms with E-state index in [0.29, 0.717) is 12.1 Å². The van der Waals surface area contributed by atoms with Crippen LogP contribution in [0.2, 0.25) is 0 Å². The van der Waals surface area contributed by atoms with Crippen LogP contribution in [0.3, 0.4) is 0 Å². The van der Waals surface area contributed by atoms with Crippen molar-refractivity contribution in [2.75, 3.05) is 20.3 Å². The maximum absolute atomic E-state index is 5.16. The first-order valence-electron chi connectivity index (χ1n) is 4.75. The number of hydrogen-bond donors (Lipinski definition) is 1. The predicted octanol–water partition coefficient (Wildman–Crippen LogP) is 1.01. The van der Waals surface area contributed by atoms with E-state index < -0.39 is 0 Å². The van der Waals surface area contributed by atoms with E-state index in [-0.39, 0.29) is 0 Å². The summed E-state index contributed by atoms with van der Waals surface area (Å²) in [6, 6.07) is 1.11. The SMILES string of the molecule is COCC1CCCN1NC(C)C. The highest BCUT2D eigenvalue weighted by Crippen LogP contribution is 2.14. The van der Waals surface area contributed by atoms with Crippen LogP contribution in [-0.2, 0) is 4.74 Å². The van der Waals surface area contributed by atoms with Crippen LogP contribution >= 0.6 is 0 Å². The minimum atomic E-state index is 0.530. The lowest BCUT2D eigenvalue weighted by atomic mass is 10.2. The molecule has 3 heteroatoms. The summed E-state index contributed by atoms with van der Waals surface area (Å²) in [4.78, 5) is 0. The second-order valence-corrected chi connectivity index (χ2v) is 3.73. The van der Waals surface area contributed by atoms with Crippen LogP contribution in [0.4, 0.5) is 0 Å². The Morgan fingerprint density at radius 2 is 2.33 bits per heavy atom.